The zero-order valence-electron chi connectivity index (χ0n) is 10.6. The lowest BCUT2D eigenvalue weighted by atomic mass is 10.1. The molecule has 0 unspecified atom stereocenters. The van der Waals surface area contributed by atoms with E-state index in [4.69, 9.17) is 4.84 Å². The van der Waals surface area contributed by atoms with Crippen molar-refractivity contribution < 1.29 is 4.84 Å². The largest absolute Gasteiger partial charge is 0.298 e. The first kappa shape index (κ1) is 11.7. The number of hydrogen-bond acceptors (Lipinski definition) is 2. The highest BCUT2D eigenvalue weighted by Crippen LogP contribution is 2.20. The summed E-state index contributed by atoms with van der Waals surface area (Å²) in [4.78, 5) is 5.67. The lowest BCUT2D eigenvalue weighted by Gasteiger charge is -2.11. The molecule has 94 valence electrons. The average molecular weight is 241 g/mol. The van der Waals surface area contributed by atoms with Gasteiger partial charge in [0, 0.05) is 6.54 Å². The van der Waals surface area contributed by atoms with E-state index >= 15 is 0 Å². The summed E-state index contributed by atoms with van der Waals surface area (Å²) in [6.07, 6.45) is 5.44. The van der Waals surface area contributed by atoms with E-state index in [9.17, 15) is 0 Å². The second kappa shape index (κ2) is 5.51. The Balaban J connectivity index is 1.60. The van der Waals surface area contributed by atoms with E-state index in [2.05, 4.69) is 47.9 Å². The van der Waals surface area contributed by atoms with Gasteiger partial charge in [-0.2, -0.15) is 5.48 Å². The molecule has 1 aliphatic rings. The molecule has 0 atom stereocenters. The highest BCUT2D eigenvalue weighted by atomic mass is 16.7. The zero-order valence-corrected chi connectivity index (χ0v) is 10.6. The van der Waals surface area contributed by atoms with Crippen molar-refractivity contribution in [3.05, 3.63) is 48.0 Å². The van der Waals surface area contributed by atoms with Crippen LogP contribution < -0.4 is 5.48 Å². The van der Waals surface area contributed by atoms with Crippen LogP contribution in [0.5, 0.6) is 0 Å². The van der Waals surface area contributed by atoms with E-state index < -0.39 is 0 Å². The second-order valence-electron chi connectivity index (χ2n) is 5.03. The van der Waals surface area contributed by atoms with Gasteiger partial charge in [-0.25, -0.2) is 0 Å². The molecule has 0 heterocycles. The molecule has 1 saturated carbocycles. The van der Waals surface area contributed by atoms with E-state index in [1.807, 2.05) is 0 Å². The Labute approximate surface area is 108 Å². The Morgan fingerprint density at radius 2 is 1.78 bits per heavy atom. The first-order valence-electron chi connectivity index (χ1n) is 6.78. The third-order valence-corrected chi connectivity index (χ3v) is 3.64. The van der Waals surface area contributed by atoms with Gasteiger partial charge in [-0.1, -0.05) is 49.2 Å². The maximum Gasteiger partial charge on any atom is 0.0790 e. The van der Waals surface area contributed by atoms with E-state index in [1.54, 1.807) is 0 Å². The highest BCUT2D eigenvalue weighted by molar-refractivity contribution is 5.82. The highest BCUT2D eigenvalue weighted by Gasteiger charge is 2.15. The lowest BCUT2D eigenvalue weighted by Crippen LogP contribution is -2.21. The van der Waals surface area contributed by atoms with Crippen LogP contribution >= 0.6 is 0 Å². The molecule has 0 amide bonds. The van der Waals surface area contributed by atoms with Gasteiger partial charge >= 0.3 is 0 Å². The summed E-state index contributed by atoms with van der Waals surface area (Å²) >= 11 is 0. The number of benzene rings is 2. The van der Waals surface area contributed by atoms with E-state index in [0.717, 1.165) is 6.54 Å². The molecule has 0 aliphatic heterocycles. The van der Waals surface area contributed by atoms with Gasteiger partial charge in [0.2, 0.25) is 0 Å². The van der Waals surface area contributed by atoms with Crippen LogP contribution in [0.3, 0.4) is 0 Å². The second-order valence-corrected chi connectivity index (χ2v) is 5.03. The molecule has 1 aliphatic carbocycles. The number of nitrogens with one attached hydrogen (secondary N) is 1. The molecular formula is C16H19NO. The molecule has 0 radical (unpaired) electrons. The number of fused-ring (bicyclic) bond motifs is 1. The summed E-state index contributed by atoms with van der Waals surface area (Å²) in [7, 11) is 0. The maximum absolute atomic E-state index is 5.67. The van der Waals surface area contributed by atoms with Crippen molar-refractivity contribution >= 4 is 10.8 Å². The third-order valence-electron chi connectivity index (χ3n) is 3.64. The third kappa shape index (κ3) is 2.71. The minimum atomic E-state index is 0.422. The molecule has 2 nitrogen and oxygen atoms in total. The van der Waals surface area contributed by atoms with Gasteiger partial charge in [-0.3, -0.25) is 4.84 Å². The molecule has 3 rings (SSSR count). The minimum Gasteiger partial charge on any atom is -0.298 e. The van der Waals surface area contributed by atoms with Gasteiger partial charge in [-0.05, 0) is 35.2 Å². The van der Waals surface area contributed by atoms with Crippen molar-refractivity contribution in [3.8, 4) is 0 Å². The zero-order chi connectivity index (χ0) is 12.2. The van der Waals surface area contributed by atoms with E-state index in [-0.39, 0.29) is 0 Å². The molecule has 0 bridgehead atoms. The first-order chi connectivity index (χ1) is 8.92. The summed E-state index contributed by atoms with van der Waals surface area (Å²) in [5.41, 5.74) is 4.38. The summed E-state index contributed by atoms with van der Waals surface area (Å²) in [6.45, 7) is 0.779. The molecule has 1 N–H and O–H groups in total. The van der Waals surface area contributed by atoms with Crippen LogP contribution in [0.2, 0.25) is 0 Å². The van der Waals surface area contributed by atoms with Crippen LogP contribution in [0.1, 0.15) is 31.2 Å². The van der Waals surface area contributed by atoms with Crippen LogP contribution in [0, 0.1) is 0 Å². The molecule has 2 aromatic rings. The molecule has 18 heavy (non-hydrogen) atoms. The van der Waals surface area contributed by atoms with Gasteiger partial charge in [0.15, 0.2) is 0 Å². The maximum atomic E-state index is 5.67. The van der Waals surface area contributed by atoms with Gasteiger partial charge in [0.05, 0.1) is 6.10 Å². The van der Waals surface area contributed by atoms with Crippen molar-refractivity contribution in [2.45, 2.75) is 38.3 Å². The first-order valence-corrected chi connectivity index (χ1v) is 6.78. The Morgan fingerprint density at radius 1 is 1.00 bits per heavy atom. The molecule has 0 spiro atoms. The molecule has 2 aromatic carbocycles. The molecule has 0 saturated heterocycles. The monoisotopic (exact) mass is 241 g/mol. The fourth-order valence-electron chi connectivity index (χ4n) is 2.60. The average Bonchev–Trinajstić information content (AvgIpc) is 2.92. The van der Waals surface area contributed by atoms with Crippen LogP contribution in [0.4, 0.5) is 0 Å². The minimum absolute atomic E-state index is 0.422. The smallest absolute Gasteiger partial charge is 0.0790 e. The SMILES string of the molecule is c1ccc2cc(CNOC3CCCC3)ccc2c1. The predicted molar refractivity (Wildman–Crippen MR) is 74.1 cm³/mol. The van der Waals surface area contributed by atoms with E-state index in [0.29, 0.717) is 6.10 Å². The summed E-state index contributed by atoms with van der Waals surface area (Å²) in [6, 6.07) is 15.0. The molecule has 0 aromatic heterocycles. The number of hydroxylamine groups is 1. The predicted octanol–water partition coefficient (Wildman–Crippen LogP) is 3.80. The summed E-state index contributed by atoms with van der Waals surface area (Å²) in [5.74, 6) is 0. The van der Waals surface area contributed by atoms with E-state index in [1.165, 1.54) is 42.0 Å². The Morgan fingerprint density at radius 3 is 2.61 bits per heavy atom. The van der Waals surface area contributed by atoms with Crippen molar-refractivity contribution in [3.63, 3.8) is 0 Å². The normalized spacial score (nSPS) is 16.4. The van der Waals surface area contributed by atoms with Gasteiger partial charge in [-0.15, -0.1) is 0 Å². The Kier molecular flexibility index (Phi) is 3.58. The standard InChI is InChI=1S/C16H19NO/c1-2-6-15-11-13(9-10-14(15)5-1)12-17-18-16-7-3-4-8-16/h1-2,5-6,9-11,16-17H,3-4,7-8,12H2. The fourth-order valence-corrected chi connectivity index (χ4v) is 2.60. The lowest BCUT2D eigenvalue weighted by molar-refractivity contribution is -0.0243. The van der Waals surface area contributed by atoms with Crippen LogP contribution in [-0.4, -0.2) is 6.10 Å². The molecule has 1 fully saturated rings. The summed E-state index contributed by atoms with van der Waals surface area (Å²) in [5, 5.41) is 2.58. The number of rotatable bonds is 4. The van der Waals surface area contributed by atoms with Crippen LogP contribution in [0.15, 0.2) is 42.5 Å². The van der Waals surface area contributed by atoms with Gasteiger partial charge in [0.1, 0.15) is 0 Å². The van der Waals surface area contributed by atoms with Crippen molar-refractivity contribution in [1.29, 1.82) is 0 Å². The van der Waals surface area contributed by atoms with Gasteiger partial charge < -0.3 is 0 Å². The van der Waals surface area contributed by atoms with Crippen molar-refractivity contribution in [1.82, 2.24) is 5.48 Å². The van der Waals surface area contributed by atoms with Crippen LogP contribution in [0.25, 0.3) is 10.8 Å². The van der Waals surface area contributed by atoms with Crippen molar-refractivity contribution in [2.24, 2.45) is 0 Å². The Hall–Kier alpha value is -1.38. The molecule has 2 heteroatoms. The summed E-state index contributed by atoms with van der Waals surface area (Å²) < 4.78 is 0. The van der Waals surface area contributed by atoms with Gasteiger partial charge in [0.25, 0.3) is 0 Å². The Bertz CT molecular complexity index is 517. The van der Waals surface area contributed by atoms with Crippen molar-refractivity contribution in [2.75, 3.05) is 0 Å². The molecular weight excluding hydrogens is 222 g/mol. The number of hydrogen-bond donors (Lipinski definition) is 1. The quantitative estimate of drug-likeness (QED) is 0.822. The van der Waals surface area contributed by atoms with Crippen LogP contribution in [-0.2, 0) is 11.4 Å². The topological polar surface area (TPSA) is 21.3 Å². The fraction of sp³-hybridized carbons (Fsp3) is 0.375.